The first-order valence-corrected chi connectivity index (χ1v) is 7.06. The molecule has 0 radical (unpaired) electrons. The maximum atomic E-state index is 13.1. The molecule has 1 amide bonds. The zero-order chi connectivity index (χ0) is 14.7. The lowest BCUT2D eigenvalue weighted by Crippen LogP contribution is -2.14. The van der Waals surface area contributed by atoms with Crippen LogP contribution >= 0.6 is 15.9 Å². The first-order chi connectivity index (χ1) is 9.45. The van der Waals surface area contributed by atoms with Crippen molar-refractivity contribution in [2.24, 2.45) is 0 Å². The number of carbonyl (C=O) groups excluding carboxylic acids is 1. The molecule has 0 saturated carbocycles. The Labute approximate surface area is 126 Å². The molecule has 2 rings (SSSR count). The Bertz CT molecular complexity index is 599. The summed E-state index contributed by atoms with van der Waals surface area (Å²) < 4.78 is 13.4. The average molecular weight is 336 g/mol. The summed E-state index contributed by atoms with van der Waals surface area (Å²) in [5.41, 5.74) is 3.91. The molecule has 104 valence electrons. The molecule has 0 bridgehead atoms. The second-order valence-corrected chi connectivity index (χ2v) is 5.63. The van der Waals surface area contributed by atoms with Gasteiger partial charge in [-0.25, -0.2) is 4.39 Å². The summed E-state index contributed by atoms with van der Waals surface area (Å²) in [5, 5.41) is 2.76. The van der Waals surface area contributed by atoms with Gasteiger partial charge in [-0.3, -0.25) is 4.79 Å². The highest BCUT2D eigenvalue weighted by Gasteiger charge is 2.07. The summed E-state index contributed by atoms with van der Waals surface area (Å²) in [4.78, 5) is 12.0. The molecular formula is C16H15BrFNO. The summed E-state index contributed by atoms with van der Waals surface area (Å²) in [6, 6.07) is 10.4. The van der Waals surface area contributed by atoms with Crippen LogP contribution in [0.25, 0.3) is 0 Å². The van der Waals surface area contributed by atoms with E-state index >= 15 is 0 Å². The lowest BCUT2D eigenvalue weighted by molar-refractivity contribution is -0.115. The highest BCUT2D eigenvalue weighted by Crippen LogP contribution is 2.20. The Morgan fingerprint density at radius 1 is 1.15 bits per heavy atom. The van der Waals surface area contributed by atoms with Crippen molar-refractivity contribution < 1.29 is 9.18 Å². The first kappa shape index (κ1) is 14.7. The molecule has 0 aromatic heterocycles. The van der Waals surface area contributed by atoms with Crippen molar-refractivity contribution in [2.45, 2.75) is 20.3 Å². The Balaban J connectivity index is 2.04. The van der Waals surface area contributed by atoms with Crippen molar-refractivity contribution in [3.05, 3.63) is 63.4 Å². The largest absolute Gasteiger partial charge is 0.326 e. The normalized spacial score (nSPS) is 10.4. The lowest BCUT2D eigenvalue weighted by Gasteiger charge is -2.08. The van der Waals surface area contributed by atoms with Crippen LogP contribution in [0.15, 0.2) is 40.9 Å². The van der Waals surface area contributed by atoms with Gasteiger partial charge < -0.3 is 5.32 Å². The molecule has 2 aromatic carbocycles. The van der Waals surface area contributed by atoms with Gasteiger partial charge in [-0.15, -0.1) is 0 Å². The van der Waals surface area contributed by atoms with Gasteiger partial charge in [0.15, 0.2) is 0 Å². The smallest absolute Gasteiger partial charge is 0.228 e. The van der Waals surface area contributed by atoms with Gasteiger partial charge in [-0.05, 0) is 64.7 Å². The Morgan fingerprint density at radius 3 is 2.55 bits per heavy atom. The Hall–Kier alpha value is -1.68. The second-order valence-electron chi connectivity index (χ2n) is 4.77. The minimum Gasteiger partial charge on any atom is -0.326 e. The lowest BCUT2D eigenvalue weighted by atomic mass is 10.0. The quantitative estimate of drug-likeness (QED) is 0.885. The highest BCUT2D eigenvalue weighted by atomic mass is 79.9. The number of carbonyl (C=O) groups is 1. The number of halogens is 2. The van der Waals surface area contributed by atoms with E-state index < -0.39 is 0 Å². The van der Waals surface area contributed by atoms with Crippen molar-refractivity contribution in [3.63, 3.8) is 0 Å². The second kappa shape index (κ2) is 6.18. The fourth-order valence-electron chi connectivity index (χ4n) is 1.88. The van der Waals surface area contributed by atoms with Crippen molar-refractivity contribution in [1.82, 2.24) is 0 Å². The van der Waals surface area contributed by atoms with Gasteiger partial charge in [0.2, 0.25) is 5.91 Å². The van der Waals surface area contributed by atoms with Crippen LogP contribution in [-0.4, -0.2) is 5.91 Å². The molecule has 0 unspecified atom stereocenters. The van der Waals surface area contributed by atoms with E-state index in [0.717, 1.165) is 5.56 Å². The first-order valence-electron chi connectivity index (χ1n) is 6.27. The molecule has 0 saturated heterocycles. The third kappa shape index (κ3) is 3.67. The molecule has 0 aliphatic rings. The van der Waals surface area contributed by atoms with Crippen molar-refractivity contribution in [3.8, 4) is 0 Å². The van der Waals surface area contributed by atoms with E-state index in [9.17, 15) is 9.18 Å². The molecule has 0 aliphatic heterocycles. The topological polar surface area (TPSA) is 29.1 Å². The van der Waals surface area contributed by atoms with Crippen LogP contribution < -0.4 is 5.32 Å². The molecule has 0 aliphatic carbocycles. The van der Waals surface area contributed by atoms with Gasteiger partial charge in [-0.2, -0.15) is 0 Å². The maximum absolute atomic E-state index is 13.1. The van der Waals surface area contributed by atoms with Crippen LogP contribution in [0.1, 0.15) is 16.7 Å². The van der Waals surface area contributed by atoms with E-state index in [4.69, 9.17) is 0 Å². The predicted molar refractivity (Wildman–Crippen MR) is 82.3 cm³/mol. The van der Waals surface area contributed by atoms with Gasteiger partial charge >= 0.3 is 0 Å². The predicted octanol–water partition coefficient (Wildman–Crippen LogP) is 4.39. The number of benzene rings is 2. The highest BCUT2D eigenvalue weighted by molar-refractivity contribution is 9.10. The standard InChI is InChI=1S/C16H15BrFNO/c1-10-3-4-12(7-11(10)2)8-16(20)19-13-5-6-15(18)14(17)9-13/h3-7,9H,8H2,1-2H3,(H,19,20). The minimum atomic E-state index is -0.350. The molecule has 0 heterocycles. The summed E-state index contributed by atoms with van der Waals surface area (Å²) in [6.45, 7) is 4.06. The van der Waals surface area contributed by atoms with Crippen LogP contribution in [0, 0.1) is 19.7 Å². The SMILES string of the molecule is Cc1ccc(CC(=O)Nc2ccc(F)c(Br)c2)cc1C. The number of anilines is 1. The Kier molecular flexibility index (Phi) is 4.55. The summed E-state index contributed by atoms with van der Waals surface area (Å²) in [7, 11) is 0. The zero-order valence-corrected chi connectivity index (χ0v) is 12.9. The molecule has 0 atom stereocenters. The number of aryl methyl sites for hydroxylation is 2. The van der Waals surface area contributed by atoms with Crippen LogP contribution in [0.4, 0.5) is 10.1 Å². The van der Waals surface area contributed by atoms with Crippen LogP contribution in [0.2, 0.25) is 0 Å². The van der Waals surface area contributed by atoms with E-state index in [1.807, 2.05) is 32.0 Å². The van der Waals surface area contributed by atoms with Crippen molar-refractivity contribution in [2.75, 3.05) is 5.32 Å². The van der Waals surface area contributed by atoms with E-state index in [0.29, 0.717) is 16.6 Å². The monoisotopic (exact) mass is 335 g/mol. The molecule has 0 spiro atoms. The van der Waals surface area contributed by atoms with Crippen LogP contribution in [-0.2, 0) is 11.2 Å². The van der Waals surface area contributed by atoms with Gasteiger partial charge in [0, 0.05) is 5.69 Å². The maximum Gasteiger partial charge on any atom is 0.228 e. The van der Waals surface area contributed by atoms with Gasteiger partial charge in [0.1, 0.15) is 5.82 Å². The number of nitrogens with one attached hydrogen (secondary N) is 1. The number of rotatable bonds is 3. The van der Waals surface area contributed by atoms with E-state index in [1.165, 1.54) is 17.2 Å². The third-order valence-electron chi connectivity index (χ3n) is 3.14. The van der Waals surface area contributed by atoms with Gasteiger partial charge in [-0.1, -0.05) is 18.2 Å². The zero-order valence-electron chi connectivity index (χ0n) is 11.3. The molecule has 20 heavy (non-hydrogen) atoms. The van der Waals surface area contributed by atoms with E-state index in [1.54, 1.807) is 12.1 Å². The minimum absolute atomic E-state index is 0.119. The fraction of sp³-hybridized carbons (Fsp3) is 0.188. The molecule has 0 fully saturated rings. The molecule has 1 N–H and O–H groups in total. The summed E-state index contributed by atoms with van der Waals surface area (Å²) in [6.07, 6.45) is 0.302. The number of amides is 1. The van der Waals surface area contributed by atoms with Gasteiger partial charge in [0.05, 0.1) is 10.9 Å². The number of hydrogen-bond donors (Lipinski definition) is 1. The molecule has 4 heteroatoms. The van der Waals surface area contributed by atoms with E-state index in [2.05, 4.69) is 21.2 Å². The average Bonchev–Trinajstić information content (AvgIpc) is 2.38. The van der Waals surface area contributed by atoms with E-state index in [-0.39, 0.29) is 11.7 Å². The summed E-state index contributed by atoms with van der Waals surface area (Å²) >= 11 is 3.09. The fourth-order valence-corrected chi connectivity index (χ4v) is 2.26. The van der Waals surface area contributed by atoms with Crippen molar-refractivity contribution in [1.29, 1.82) is 0 Å². The van der Waals surface area contributed by atoms with Crippen LogP contribution in [0.3, 0.4) is 0 Å². The van der Waals surface area contributed by atoms with Gasteiger partial charge in [0.25, 0.3) is 0 Å². The Morgan fingerprint density at radius 2 is 1.90 bits per heavy atom. The molecule has 2 nitrogen and oxygen atoms in total. The molecular weight excluding hydrogens is 321 g/mol. The molecule has 2 aromatic rings. The third-order valence-corrected chi connectivity index (χ3v) is 3.75. The number of hydrogen-bond acceptors (Lipinski definition) is 1. The van der Waals surface area contributed by atoms with Crippen molar-refractivity contribution >= 4 is 27.5 Å². The van der Waals surface area contributed by atoms with Crippen LogP contribution in [0.5, 0.6) is 0 Å². The summed E-state index contributed by atoms with van der Waals surface area (Å²) in [5.74, 6) is -0.469.